The molecule has 0 aliphatic heterocycles. The fourth-order valence-corrected chi connectivity index (χ4v) is 2.17. The highest BCUT2D eigenvalue weighted by Gasteiger charge is 2.09. The number of hydrogen-bond acceptors (Lipinski definition) is 5. The predicted octanol–water partition coefficient (Wildman–Crippen LogP) is 2.73. The van der Waals surface area contributed by atoms with Crippen LogP contribution in [0.5, 0.6) is 5.75 Å². The van der Waals surface area contributed by atoms with Gasteiger partial charge in [0.2, 0.25) is 0 Å². The van der Waals surface area contributed by atoms with Crippen molar-refractivity contribution in [2.24, 2.45) is 0 Å². The molecule has 2 aromatic rings. The number of carbonyl (C=O) groups is 1. The molecule has 0 fully saturated rings. The predicted molar refractivity (Wildman–Crippen MR) is 87.8 cm³/mol. The van der Waals surface area contributed by atoms with Gasteiger partial charge >= 0.3 is 5.97 Å². The first-order chi connectivity index (χ1) is 11.2. The lowest BCUT2D eigenvalue weighted by Crippen LogP contribution is -2.18. The Hall–Kier alpha value is -1.95. The second kappa shape index (κ2) is 9.25. The van der Waals surface area contributed by atoms with Gasteiger partial charge in [-0.3, -0.25) is 0 Å². The fourth-order valence-electron chi connectivity index (χ4n) is 2.17. The highest BCUT2D eigenvalue weighted by atomic mass is 16.6. The molecule has 0 aromatic heterocycles. The van der Waals surface area contributed by atoms with Gasteiger partial charge in [0, 0.05) is 12.5 Å². The van der Waals surface area contributed by atoms with Crippen LogP contribution in [0, 0.1) is 6.92 Å². The van der Waals surface area contributed by atoms with E-state index in [1.165, 1.54) is 0 Å². The minimum Gasteiger partial charge on any atom is -0.424 e. The molecule has 0 N–H and O–H groups in total. The van der Waals surface area contributed by atoms with Gasteiger partial charge in [-0.05, 0) is 23.9 Å². The highest BCUT2D eigenvalue weighted by molar-refractivity contribution is 5.91. The molecule has 0 amide bonds. The number of carbonyl (C=O) groups excluding carboxylic acids is 1. The first-order valence-corrected chi connectivity index (χ1v) is 7.55. The van der Waals surface area contributed by atoms with Crippen LogP contribution in [-0.2, 0) is 19.0 Å². The van der Waals surface area contributed by atoms with Gasteiger partial charge < -0.3 is 18.9 Å². The molecular weight excluding hydrogens is 296 g/mol. The second-order valence-electron chi connectivity index (χ2n) is 5.12. The molecule has 5 heteroatoms. The molecule has 23 heavy (non-hydrogen) atoms. The molecule has 0 spiro atoms. The third-order valence-corrected chi connectivity index (χ3v) is 3.22. The van der Waals surface area contributed by atoms with Crippen LogP contribution < -0.4 is 4.74 Å². The van der Waals surface area contributed by atoms with Gasteiger partial charge in [0.25, 0.3) is 0 Å². The molecule has 2 rings (SSSR count). The summed E-state index contributed by atoms with van der Waals surface area (Å²) in [5.74, 6) is 0.142. The first-order valence-electron chi connectivity index (χ1n) is 7.55. The Morgan fingerprint density at radius 2 is 1.74 bits per heavy atom. The van der Waals surface area contributed by atoms with E-state index in [2.05, 4.69) is 6.07 Å². The minimum absolute atomic E-state index is 0.101. The van der Waals surface area contributed by atoms with Gasteiger partial charge in [0.15, 0.2) is 0 Å². The van der Waals surface area contributed by atoms with Crippen molar-refractivity contribution >= 4 is 16.7 Å². The van der Waals surface area contributed by atoms with Crippen molar-refractivity contribution in [3.05, 3.63) is 42.0 Å². The lowest BCUT2D eigenvalue weighted by atomic mass is 10.1. The van der Waals surface area contributed by atoms with Crippen LogP contribution in [0.15, 0.2) is 36.4 Å². The maximum absolute atomic E-state index is 11.9. The van der Waals surface area contributed by atoms with E-state index in [9.17, 15) is 4.79 Å². The maximum Gasteiger partial charge on any atom is 0.337 e. The van der Waals surface area contributed by atoms with Gasteiger partial charge in [0.1, 0.15) is 12.4 Å². The second-order valence-corrected chi connectivity index (χ2v) is 5.12. The third-order valence-electron chi connectivity index (χ3n) is 3.22. The molecule has 5 nitrogen and oxygen atoms in total. The average Bonchev–Trinajstić information content (AvgIpc) is 2.54. The van der Waals surface area contributed by atoms with Crippen molar-refractivity contribution in [2.75, 3.05) is 40.1 Å². The zero-order valence-electron chi connectivity index (χ0n) is 13.5. The number of rotatable bonds is 9. The zero-order chi connectivity index (χ0) is 16.5. The van der Waals surface area contributed by atoms with E-state index in [4.69, 9.17) is 18.9 Å². The van der Waals surface area contributed by atoms with Crippen LogP contribution in [0.3, 0.4) is 0 Å². The Labute approximate surface area is 136 Å². The molecule has 2 aromatic carbocycles. The van der Waals surface area contributed by atoms with Crippen LogP contribution >= 0.6 is 0 Å². The highest BCUT2D eigenvalue weighted by Crippen LogP contribution is 2.27. The van der Waals surface area contributed by atoms with E-state index >= 15 is 0 Å². The molecule has 0 bridgehead atoms. The summed E-state index contributed by atoms with van der Waals surface area (Å²) in [5.41, 5.74) is 1.04. The number of benzene rings is 2. The standard InChI is InChI=1S/C18H22O5/c1-14-11-15-5-3-4-6-16(15)17(12-14)23-18(19)13-22-10-9-21-8-7-20-2/h3-6,11-12H,7-10,13H2,1-2H3. The minimum atomic E-state index is -0.419. The van der Waals surface area contributed by atoms with E-state index in [1.54, 1.807) is 7.11 Å². The molecule has 0 saturated carbocycles. The summed E-state index contributed by atoms with van der Waals surface area (Å²) in [6, 6.07) is 11.7. The van der Waals surface area contributed by atoms with Crippen molar-refractivity contribution in [1.82, 2.24) is 0 Å². The average molecular weight is 318 g/mol. The van der Waals surface area contributed by atoms with Crippen LogP contribution in [0.4, 0.5) is 0 Å². The topological polar surface area (TPSA) is 54.0 Å². The summed E-state index contributed by atoms with van der Waals surface area (Å²) in [6.45, 7) is 3.69. The molecule has 0 saturated heterocycles. The Morgan fingerprint density at radius 1 is 1.00 bits per heavy atom. The molecule has 0 heterocycles. The molecule has 0 aliphatic rings. The van der Waals surface area contributed by atoms with Crippen molar-refractivity contribution in [1.29, 1.82) is 0 Å². The number of methoxy groups -OCH3 is 1. The van der Waals surface area contributed by atoms with E-state index in [-0.39, 0.29) is 6.61 Å². The Kier molecular flexibility index (Phi) is 7.00. The van der Waals surface area contributed by atoms with Gasteiger partial charge in [-0.1, -0.05) is 30.3 Å². The Morgan fingerprint density at radius 3 is 2.57 bits per heavy atom. The van der Waals surface area contributed by atoms with Crippen molar-refractivity contribution in [2.45, 2.75) is 6.92 Å². The number of ether oxygens (including phenoxy) is 4. The summed E-state index contributed by atoms with van der Waals surface area (Å²) in [4.78, 5) is 11.9. The lowest BCUT2D eigenvalue weighted by molar-refractivity contribution is -0.139. The summed E-state index contributed by atoms with van der Waals surface area (Å²) in [6.07, 6.45) is 0. The normalized spacial score (nSPS) is 10.9. The molecule has 0 radical (unpaired) electrons. The van der Waals surface area contributed by atoms with E-state index in [0.29, 0.717) is 32.2 Å². The summed E-state index contributed by atoms with van der Waals surface area (Å²) >= 11 is 0. The van der Waals surface area contributed by atoms with E-state index in [1.807, 2.05) is 37.3 Å². The van der Waals surface area contributed by atoms with Gasteiger partial charge in [0.05, 0.1) is 26.4 Å². The van der Waals surface area contributed by atoms with Crippen LogP contribution in [0.2, 0.25) is 0 Å². The fraction of sp³-hybridized carbons (Fsp3) is 0.389. The summed E-state index contributed by atoms with van der Waals surface area (Å²) < 4.78 is 20.8. The van der Waals surface area contributed by atoms with Gasteiger partial charge in [-0.15, -0.1) is 0 Å². The summed E-state index contributed by atoms with van der Waals surface area (Å²) in [5, 5.41) is 1.96. The third kappa shape index (κ3) is 5.63. The lowest BCUT2D eigenvalue weighted by Gasteiger charge is -2.10. The van der Waals surface area contributed by atoms with Crippen molar-refractivity contribution < 1.29 is 23.7 Å². The molecule has 124 valence electrons. The van der Waals surface area contributed by atoms with Crippen molar-refractivity contribution in [3.63, 3.8) is 0 Å². The van der Waals surface area contributed by atoms with Crippen molar-refractivity contribution in [3.8, 4) is 5.75 Å². The molecule has 0 aliphatic carbocycles. The molecular formula is C18H22O5. The molecule has 0 atom stereocenters. The molecule has 0 unspecified atom stereocenters. The summed E-state index contributed by atoms with van der Waals surface area (Å²) in [7, 11) is 1.62. The number of esters is 1. The largest absolute Gasteiger partial charge is 0.424 e. The SMILES string of the molecule is COCCOCCOCC(=O)Oc1cc(C)cc2ccccc12. The monoisotopic (exact) mass is 318 g/mol. The van der Waals surface area contributed by atoms with Crippen LogP contribution in [0.1, 0.15) is 5.56 Å². The quantitative estimate of drug-likeness (QED) is 0.404. The van der Waals surface area contributed by atoms with E-state index in [0.717, 1.165) is 16.3 Å². The zero-order valence-corrected chi connectivity index (χ0v) is 13.5. The first kappa shape index (κ1) is 17.4. The maximum atomic E-state index is 11.9. The van der Waals surface area contributed by atoms with Crippen LogP contribution in [0.25, 0.3) is 10.8 Å². The van der Waals surface area contributed by atoms with E-state index < -0.39 is 5.97 Å². The van der Waals surface area contributed by atoms with Gasteiger partial charge in [-0.2, -0.15) is 0 Å². The number of hydrogen-bond donors (Lipinski definition) is 0. The van der Waals surface area contributed by atoms with Crippen LogP contribution in [-0.4, -0.2) is 46.1 Å². The van der Waals surface area contributed by atoms with Gasteiger partial charge in [-0.25, -0.2) is 4.79 Å². The number of aryl methyl sites for hydroxylation is 1. The Bertz CT molecular complexity index is 638. The number of fused-ring (bicyclic) bond motifs is 1. The smallest absolute Gasteiger partial charge is 0.337 e. The Balaban J connectivity index is 1.81.